The van der Waals surface area contributed by atoms with Crippen molar-refractivity contribution in [2.24, 2.45) is 0 Å². The van der Waals surface area contributed by atoms with Crippen LogP contribution in [0.1, 0.15) is 10.4 Å². The number of carbonyl (C=O) groups is 1. The molecular weight excluding hydrogens is 303 g/mol. The molecule has 1 nitrogen and oxygen atoms in total. The minimum Gasteiger partial charge on any atom is -0.298 e. The molecule has 86 valence electrons. The first kappa shape index (κ1) is 12.3. The molecule has 2 aromatic carbocycles. The molecule has 0 atom stereocenters. The van der Waals surface area contributed by atoms with Gasteiger partial charge in [0.1, 0.15) is 5.82 Å². The summed E-state index contributed by atoms with van der Waals surface area (Å²) in [5, 5.41) is 0. The Labute approximate surface area is 111 Å². The van der Waals surface area contributed by atoms with Crippen LogP contribution in [0.4, 0.5) is 4.39 Å². The number of benzene rings is 2. The second-order valence-corrected chi connectivity index (χ2v) is 5.33. The van der Waals surface area contributed by atoms with E-state index in [9.17, 15) is 9.18 Å². The van der Waals surface area contributed by atoms with Gasteiger partial charge >= 0.3 is 0 Å². The summed E-state index contributed by atoms with van der Waals surface area (Å²) < 4.78 is 14.4. The SMILES string of the molecule is O=Cc1ccc(Br)cc1Sc1ccccc1F. The van der Waals surface area contributed by atoms with Gasteiger partial charge in [0, 0.05) is 19.8 Å². The van der Waals surface area contributed by atoms with Crippen LogP contribution in [0, 0.1) is 5.82 Å². The number of halogens is 2. The molecule has 0 unspecified atom stereocenters. The Balaban J connectivity index is 2.39. The minimum atomic E-state index is -0.283. The van der Waals surface area contributed by atoms with Crippen LogP contribution in [0.5, 0.6) is 0 Å². The van der Waals surface area contributed by atoms with E-state index in [2.05, 4.69) is 15.9 Å². The van der Waals surface area contributed by atoms with Gasteiger partial charge in [-0.3, -0.25) is 4.79 Å². The molecule has 0 radical (unpaired) electrons. The second kappa shape index (κ2) is 5.47. The molecule has 0 heterocycles. The van der Waals surface area contributed by atoms with E-state index in [4.69, 9.17) is 0 Å². The highest BCUT2D eigenvalue weighted by atomic mass is 79.9. The fraction of sp³-hybridized carbons (Fsp3) is 0. The molecule has 0 amide bonds. The number of rotatable bonds is 3. The lowest BCUT2D eigenvalue weighted by atomic mass is 10.2. The molecule has 4 heteroatoms. The zero-order chi connectivity index (χ0) is 12.3. The van der Waals surface area contributed by atoms with Crippen molar-refractivity contribution in [2.45, 2.75) is 9.79 Å². The van der Waals surface area contributed by atoms with Gasteiger partial charge in [-0.2, -0.15) is 0 Å². The van der Waals surface area contributed by atoms with E-state index in [1.807, 2.05) is 0 Å². The minimum absolute atomic E-state index is 0.283. The van der Waals surface area contributed by atoms with Crippen LogP contribution in [0.25, 0.3) is 0 Å². The van der Waals surface area contributed by atoms with Crippen LogP contribution in [0.15, 0.2) is 56.7 Å². The summed E-state index contributed by atoms with van der Waals surface area (Å²) in [5.74, 6) is -0.283. The van der Waals surface area contributed by atoms with E-state index in [1.165, 1.54) is 17.8 Å². The molecule has 0 spiro atoms. The maximum Gasteiger partial charge on any atom is 0.151 e. The van der Waals surface area contributed by atoms with Crippen molar-refractivity contribution in [1.29, 1.82) is 0 Å². The maximum atomic E-state index is 13.5. The lowest BCUT2D eigenvalue weighted by Crippen LogP contribution is -1.86. The summed E-state index contributed by atoms with van der Waals surface area (Å²) in [6, 6.07) is 11.8. The van der Waals surface area contributed by atoms with Crippen molar-refractivity contribution in [3.8, 4) is 0 Å². The zero-order valence-corrected chi connectivity index (χ0v) is 11.1. The number of hydrogen-bond donors (Lipinski definition) is 0. The van der Waals surface area contributed by atoms with E-state index >= 15 is 0 Å². The maximum absolute atomic E-state index is 13.5. The van der Waals surface area contributed by atoms with Crippen LogP contribution in [0.2, 0.25) is 0 Å². The third-order valence-electron chi connectivity index (χ3n) is 2.16. The summed E-state index contributed by atoms with van der Waals surface area (Å²) >= 11 is 4.58. The number of hydrogen-bond acceptors (Lipinski definition) is 2. The Bertz CT molecular complexity index is 557. The predicted octanol–water partition coefficient (Wildman–Crippen LogP) is 4.55. The smallest absolute Gasteiger partial charge is 0.151 e. The largest absolute Gasteiger partial charge is 0.298 e. The van der Waals surface area contributed by atoms with Gasteiger partial charge in [-0.1, -0.05) is 39.8 Å². The van der Waals surface area contributed by atoms with Crippen molar-refractivity contribution in [3.63, 3.8) is 0 Å². The van der Waals surface area contributed by atoms with Crippen LogP contribution in [0.3, 0.4) is 0 Å². The average Bonchev–Trinajstić information content (AvgIpc) is 2.32. The first-order valence-corrected chi connectivity index (χ1v) is 6.49. The van der Waals surface area contributed by atoms with Crippen molar-refractivity contribution >= 4 is 34.0 Å². The van der Waals surface area contributed by atoms with Crippen molar-refractivity contribution in [1.82, 2.24) is 0 Å². The normalized spacial score (nSPS) is 10.2. The van der Waals surface area contributed by atoms with Crippen molar-refractivity contribution < 1.29 is 9.18 Å². The van der Waals surface area contributed by atoms with Gasteiger partial charge in [0.15, 0.2) is 6.29 Å². The van der Waals surface area contributed by atoms with Gasteiger partial charge in [0.2, 0.25) is 0 Å². The van der Waals surface area contributed by atoms with E-state index in [0.717, 1.165) is 15.7 Å². The molecule has 0 aliphatic carbocycles. The predicted molar refractivity (Wildman–Crippen MR) is 70.1 cm³/mol. The molecule has 0 saturated heterocycles. The van der Waals surface area contributed by atoms with Gasteiger partial charge < -0.3 is 0 Å². The molecule has 0 saturated carbocycles. The van der Waals surface area contributed by atoms with Gasteiger partial charge in [0.05, 0.1) is 0 Å². The van der Waals surface area contributed by atoms with Crippen LogP contribution >= 0.6 is 27.7 Å². The lowest BCUT2D eigenvalue weighted by Gasteiger charge is -2.06. The Morgan fingerprint density at radius 2 is 1.88 bits per heavy atom. The molecule has 0 fully saturated rings. The Kier molecular flexibility index (Phi) is 3.97. The monoisotopic (exact) mass is 310 g/mol. The topological polar surface area (TPSA) is 17.1 Å². The first-order chi connectivity index (χ1) is 8.20. The molecular formula is C13H8BrFOS. The molecule has 2 rings (SSSR count). The van der Waals surface area contributed by atoms with Crippen molar-refractivity contribution in [3.05, 3.63) is 58.3 Å². The third kappa shape index (κ3) is 2.96. The zero-order valence-electron chi connectivity index (χ0n) is 8.69. The average molecular weight is 311 g/mol. The van der Waals surface area contributed by atoms with Crippen LogP contribution < -0.4 is 0 Å². The fourth-order valence-electron chi connectivity index (χ4n) is 1.34. The van der Waals surface area contributed by atoms with Gasteiger partial charge in [-0.15, -0.1) is 0 Å². The first-order valence-electron chi connectivity index (χ1n) is 4.88. The van der Waals surface area contributed by atoms with Crippen LogP contribution in [-0.4, -0.2) is 6.29 Å². The van der Waals surface area contributed by atoms with Crippen LogP contribution in [-0.2, 0) is 0 Å². The summed E-state index contributed by atoms with van der Waals surface area (Å²) in [4.78, 5) is 12.1. The fourth-order valence-corrected chi connectivity index (χ4v) is 2.82. The van der Waals surface area contributed by atoms with Gasteiger partial charge in [-0.05, 0) is 30.3 Å². The lowest BCUT2D eigenvalue weighted by molar-refractivity contribution is 0.112. The Morgan fingerprint density at radius 3 is 2.59 bits per heavy atom. The highest BCUT2D eigenvalue weighted by molar-refractivity contribution is 9.10. The summed E-state index contributed by atoms with van der Waals surface area (Å²) in [5.41, 5.74) is 0.557. The van der Waals surface area contributed by atoms with E-state index in [1.54, 1.807) is 36.4 Å². The van der Waals surface area contributed by atoms with E-state index in [0.29, 0.717) is 10.5 Å². The molecule has 17 heavy (non-hydrogen) atoms. The summed E-state index contributed by atoms with van der Waals surface area (Å²) in [6.07, 6.45) is 0.773. The second-order valence-electron chi connectivity index (χ2n) is 3.33. The summed E-state index contributed by atoms with van der Waals surface area (Å²) in [7, 11) is 0. The Morgan fingerprint density at radius 1 is 1.12 bits per heavy atom. The highest BCUT2D eigenvalue weighted by Gasteiger charge is 2.07. The van der Waals surface area contributed by atoms with E-state index < -0.39 is 0 Å². The summed E-state index contributed by atoms with van der Waals surface area (Å²) in [6.45, 7) is 0. The van der Waals surface area contributed by atoms with Crippen molar-refractivity contribution in [2.75, 3.05) is 0 Å². The van der Waals surface area contributed by atoms with Gasteiger partial charge in [-0.25, -0.2) is 4.39 Å². The Hall–Kier alpha value is -1.13. The molecule has 0 bridgehead atoms. The highest BCUT2D eigenvalue weighted by Crippen LogP contribution is 2.33. The number of carbonyl (C=O) groups excluding carboxylic acids is 1. The van der Waals surface area contributed by atoms with E-state index in [-0.39, 0.29) is 5.82 Å². The number of aldehydes is 1. The molecule has 0 N–H and O–H groups in total. The molecule has 0 aromatic heterocycles. The molecule has 2 aromatic rings. The molecule has 0 aliphatic heterocycles. The van der Waals surface area contributed by atoms with Gasteiger partial charge in [0.25, 0.3) is 0 Å². The standard InChI is InChI=1S/C13H8BrFOS/c14-10-6-5-9(8-16)13(7-10)17-12-4-2-1-3-11(12)15/h1-8H. The third-order valence-corrected chi connectivity index (χ3v) is 3.78. The quantitative estimate of drug-likeness (QED) is 0.773. The molecule has 0 aliphatic rings.